The van der Waals surface area contributed by atoms with Gasteiger partial charge in [-0.1, -0.05) is 25.5 Å². The number of carbonyl (C=O) groups excluding carboxylic acids is 1. The van der Waals surface area contributed by atoms with Gasteiger partial charge in [0, 0.05) is 25.0 Å². The third kappa shape index (κ3) is 5.12. The number of carbonyl (C=O) groups is 1. The van der Waals surface area contributed by atoms with E-state index in [0.29, 0.717) is 13.0 Å². The highest BCUT2D eigenvalue weighted by Crippen LogP contribution is 2.25. The molecule has 0 saturated carbocycles. The van der Waals surface area contributed by atoms with Gasteiger partial charge in [-0.2, -0.15) is 0 Å². The number of hydrogen-bond acceptors (Lipinski definition) is 2. The van der Waals surface area contributed by atoms with Gasteiger partial charge in [-0.3, -0.25) is 4.79 Å². The van der Waals surface area contributed by atoms with E-state index in [4.69, 9.17) is 0 Å². The Bertz CT molecular complexity index is 464. The molecule has 21 heavy (non-hydrogen) atoms. The quantitative estimate of drug-likeness (QED) is 0.844. The Morgan fingerprint density at radius 2 is 2.29 bits per heavy atom. The smallest absolute Gasteiger partial charge is 0.220 e. The monoisotopic (exact) mass is 292 g/mol. The lowest BCUT2D eigenvalue weighted by molar-refractivity contribution is -0.121. The van der Waals surface area contributed by atoms with Crippen LogP contribution in [0, 0.1) is 5.82 Å². The maximum Gasteiger partial charge on any atom is 0.220 e. The minimum Gasteiger partial charge on any atom is -0.355 e. The molecule has 2 rings (SSSR count). The molecule has 1 aliphatic heterocycles. The Labute approximate surface area is 126 Å². The predicted octanol–water partition coefficient (Wildman–Crippen LogP) is 3.32. The van der Waals surface area contributed by atoms with Crippen LogP contribution in [0.4, 0.5) is 4.39 Å². The summed E-state index contributed by atoms with van der Waals surface area (Å²) in [7, 11) is 0. The van der Waals surface area contributed by atoms with Crippen molar-refractivity contribution in [1.29, 1.82) is 0 Å². The van der Waals surface area contributed by atoms with Gasteiger partial charge in [0.2, 0.25) is 5.91 Å². The molecular formula is C17H25FN2O. The van der Waals surface area contributed by atoms with Crippen LogP contribution in [0.25, 0.3) is 0 Å². The molecular weight excluding hydrogens is 267 g/mol. The van der Waals surface area contributed by atoms with Crippen molar-refractivity contribution < 1.29 is 9.18 Å². The highest BCUT2D eigenvalue weighted by atomic mass is 19.1. The molecule has 0 bridgehead atoms. The molecule has 0 aliphatic carbocycles. The zero-order chi connectivity index (χ0) is 15.1. The van der Waals surface area contributed by atoms with E-state index < -0.39 is 0 Å². The van der Waals surface area contributed by atoms with Gasteiger partial charge in [-0.15, -0.1) is 0 Å². The van der Waals surface area contributed by atoms with Crippen molar-refractivity contribution in [3.05, 3.63) is 35.6 Å². The first-order valence-electron chi connectivity index (χ1n) is 7.97. The van der Waals surface area contributed by atoms with Crippen LogP contribution in [-0.4, -0.2) is 18.5 Å². The molecule has 1 fully saturated rings. The second kappa shape index (κ2) is 8.13. The molecule has 1 amide bonds. The first kappa shape index (κ1) is 16.0. The number of nitrogens with one attached hydrogen (secondary N) is 2. The van der Waals surface area contributed by atoms with Crippen LogP contribution in [0.5, 0.6) is 0 Å². The van der Waals surface area contributed by atoms with E-state index in [1.807, 2.05) is 6.07 Å². The molecule has 1 aromatic carbocycles. The number of benzene rings is 1. The molecule has 4 heteroatoms. The molecule has 2 unspecified atom stereocenters. The Morgan fingerprint density at radius 3 is 3.05 bits per heavy atom. The molecule has 1 saturated heterocycles. The van der Waals surface area contributed by atoms with Gasteiger partial charge in [0.25, 0.3) is 0 Å². The first-order chi connectivity index (χ1) is 10.2. The number of unbranched alkanes of at least 4 members (excludes halogenated alkanes) is 1. The third-order valence-electron chi connectivity index (χ3n) is 4.04. The van der Waals surface area contributed by atoms with Crippen molar-refractivity contribution >= 4 is 5.91 Å². The Balaban J connectivity index is 1.82. The Morgan fingerprint density at radius 1 is 1.43 bits per heavy atom. The van der Waals surface area contributed by atoms with Crippen molar-refractivity contribution in [2.75, 3.05) is 6.54 Å². The van der Waals surface area contributed by atoms with Gasteiger partial charge in [-0.25, -0.2) is 4.39 Å². The highest BCUT2D eigenvalue weighted by molar-refractivity contribution is 5.75. The Kier molecular flexibility index (Phi) is 6.18. The molecule has 0 aromatic heterocycles. The van der Waals surface area contributed by atoms with Gasteiger partial charge >= 0.3 is 0 Å². The van der Waals surface area contributed by atoms with Crippen LogP contribution >= 0.6 is 0 Å². The average Bonchev–Trinajstić information content (AvgIpc) is 2.51. The lowest BCUT2D eigenvalue weighted by atomic mass is 9.93. The van der Waals surface area contributed by atoms with Gasteiger partial charge in [0.1, 0.15) is 5.82 Å². The SMILES string of the molecule is CCCCC(=O)NCC1CCCC(c2cccc(F)c2)N1. The largest absolute Gasteiger partial charge is 0.355 e. The number of rotatable bonds is 6. The van der Waals surface area contributed by atoms with Crippen LogP contribution in [0.2, 0.25) is 0 Å². The van der Waals surface area contributed by atoms with Gasteiger partial charge in [0.15, 0.2) is 0 Å². The van der Waals surface area contributed by atoms with Gasteiger partial charge in [0.05, 0.1) is 0 Å². The lowest BCUT2D eigenvalue weighted by Crippen LogP contribution is -2.44. The molecule has 3 nitrogen and oxygen atoms in total. The predicted molar refractivity (Wildman–Crippen MR) is 82.5 cm³/mol. The number of amides is 1. The van der Waals surface area contributed by atoms with Crippen molar-refractivity contribution in [3.8, 4) is 0 Å². The van der Waals surface area contributed by atoms with Crippen molar-refractivity contribution in [2.24, 2.45) is 0 Å². The number of piperidine rings is 1. The van der Waals surface area contributed by atoms with E-state index >= 15 is 0 Å². The van der Waals surface area contributed by atoms with E-state index in [9.17, 15) is 9.18 Å². The van der Waals surface area contributed by atoms with Crippen LogP contribution in [0.3, 0.4) is 0 Å². The average molecular weight is 292 g/mol. The standard InChI is InChI=1S/C17H25FN2O/c1-2-3-10-17(21)19-12-15-8-5-9-16(20-15)13-6-4-7-14(18)11-13/h4,6-7,11,15-16,20H,2-3,5,8-10,12H2,1H3,(H,19,21). The second-order valence-electron chi connectivity index (χ2n) is 5.81. The van der Waals surface area contributed by atoms with E-state index in [1.54, 1.807) is 12.1 Å². The highest BCUT2D eigenvalue weighted by Gasteiger charge is 2.22. The van der Waals surface area contributed by atoms with E-state index in [-0.39, 0.29) is 23.8 Å². The molecule has 2 atom stereocenters. The molecule has 1 aliphatic rings. The molecule has 116 valence electrons. The van der Waals surface area contributed by atoms with Crippen molar-refractivity contribution in [1.82, 2.24) is 10.6 Å². The molecule has 1 aromatic rings. The number of hydrogen-bond donors (Lipinski definition) is 2. The molecule has 2 N–H and O–H groups in total. The fourth-order valence-electron chi connectivity index (χ4n) is 2.83. The summed E-state index contributed by atoms with van der Waals surface area (Å²) in [5, 5.41) is 6.52. The maximum atomic E-state index is 13.3. The summed E-state index contributed by atoms with van der Waals surface area (Å²) in [4.78, 5) is 11.7. The van der Waals surface area contributed by atoms with Gasteiger partial charge < -0.3 is 10.6 Å². The Hall–Kier alpha value is -1.42. The van der Waals surface area contributed by atoms with Crippen LogP contribution < -0.4 is 10.6 Å². The van der Waals surface area contributed by atoms with E-state index in [1.165, 1.54) is 6.07 Å². The van der Waals surface area contributed by atoms with Crippen molar-refractivity contribution in [3.63, 3.8) is 0 Å². The third-order valence-corrected chi connectivity index (χ3v) is 4.04. The summed E-state index contributed by atoms with van der Waals surface area (Å²) in [5.41, 5.74) is 0.997. The molecule has 0 radical (unpaired) electrons. The zero-order valence-corrected chi connectivity index (χ0v) is 12.7. The second-order valence-corrected chi connectivity index (χ2v) is 5.81. The molecule has 0 spiro atoms. The summed E-state index contributed by atoms with van der Waals surface area (Å²) in [6, 6.07) is 7.24. The van der Waals surface area contributed by atoms with Crippen molar-refractivity contribution in [2.45, 2.75) is 57.5 Å². The normalized spacial score (nSPS) is 22.0. The minimum absolute atomic E-state index is 0.131. The van der Waals surface area contributed by atoms with E-state index in [2.05, 4.69) is 17.6 Å². The summed E-state index contributed by atoms with van der Waals surface area (Å²) < 4.78 is 13.3. The summed E-state index contributed by atoms with van der Waals surface area (Å²) in [5.74, 6) is -0.0594. The van der Waals surface area contributed by atoms with Gasteiger partial charge in [-0.05, 0) is 43.4 Å². The maximum absolute atomic E-state index is 13.3. The fourth-order valence-corrected chi connectivity index (χ4v) is 2.83. The topological polar surface area (TPSA) is 41.1 Å². The summed E-state index contributed by atoms with van der Waals surface area (Å²) in [6.07, 6.45) is 5.76. The summed E-state index contributed by atoms with van der Waals surface area (Å²) >= 11 is 0. The van der Waals surface area contributed by atoms with Crippen LogP contribution in [0.1, 0.15) is 57.1 Å². The zero-order valence-electron chi connectivity index (χ0n) is 12.7. The summed E-state index contributed by atoms with van der Waals surface area (Å²) in [6.45, 7) is 2.74. The van der Waals surface area contributed by atoms with Crippen LogP contribution in [-0.2, 0) is 4.79 Å². The first-order valence-corrected chi connectivity index (χ1v) is 7.97. The lowest BCUT2D eigenvalue weighted by Gasteiger charge is -2.31. The minimum atomic E-state index is -0.190. The molecule has 1 heterocycles. The fraction of sp³-hybridized carbons (Fsp3) is 0.588. The van der Waals surface area contributed by atoms with Crippen LogP contribution in [0.15, 0.2) is 24.3 Å². The number of halogens is 1. The van der Waals surface area contributed by atoms with E-state index in [0.717, 1.165) is 37.7 Å².